The molecule has 3 heterocycles. The molecule has 0 radical (unpaired) electrons. The highest BCUT2D eigenvalue weighted by atomic mass is 32.2. The van der Waals surface area contributed by atoms with Crippen LogP contribution in [0.3, 0.4) is 0 Å². The first-order chi connectivity index (χ1) is 18.9. The number of azide groups is 1. The van der Waals surface area contributed by atoms with Gasteiger partial charge >= 0.3 is 23.3 Å². The lowest BCUT2D eigenvalue weighted by atomic mass is 9.78. The van der Waals surface area contributed by atoms with Crippen molar-refractivity contribution in [1.82, 2.24) is 9.29 Å². The molecule has 0 aliphatic carbocycles. The van der Waals surface area contributed by atoms with Gasteiger partial charge in [-0.05, 0) is 69.6 Å². The largest absolute Gasteiger partial charge is 0.460 e. The SMILES string of the molecule is CC1(C)OB(CCC[C@@H]2CN(S(=O)(=O)Nc3ccccn3)C[C@]2(N=[N+]=[N-])C(=O)OCc2ccccc2)OC1(C)C. The summed E-state index contributed by atoms with van der Waals surface area (Å²) in [5.74, 6) is -1.28. The topological polar surface area (TPSA) is 156 Å². The maximum Gasteiger partial charge on any atom is 0.457 e. The number of pyridine rings is 1. The van der Waals surface area contributed by atoms with Gasteiger partial charge in [0, 0.05) is 24.2 Å². The smallest absolute Gasteiger partial charge is 0.457 e. The summed E-state index contributed by atoms with van der Waals surface area (Å²) in [6, 6.07) is 13.9. The number of carbonyl (C=O) groups is 1. The van der Waals surface area contributed by atoms with Crippen molar-refractivity contribution in [2.45, 2.75) is 70.2 Å². The average Bonchev–Trinajstić information content (AvgIpc) is 3.37. The first-order valence-electron chi connectivity index (χ1n) is 13.2. The number of carbonyl (C=O) groups excluding carboxylic acids is 1. The quantitative estimate of drug-likeness (QED) is 0.139. The Kier molecular flexibility index (Phi) is 8.76. The third-order valence-electron chi connectivity index (χ3n) is 7.84. The van der Waals surface area contributed by atoms with Crippen LogP contribution in [0.4, 0.5) is 5.82 Å². The van der Waals surface area contributed by atoms with Crippen LogP contribution in [0.1, 0.15) is 46.1 Å². The molecule has 2 aliphatic heterocycles. The molecule has 2 atom stereocenters. The fraction of sp³-hybridized carbons (Fsp3) is 0.538. The van der Waals surface area contributed by atoms with Gasteiger partial charge in [0.2, 0.25) is 0 Å². The Balaban J connectivity index is 1.54. The molecule has 0 saturated carbocycles. The summed E-state index contributed by atoms with van der Waals surface area (Å²) in [5, 5.41) is 3.91. The van der Waals surface area contributed by atoms with Crippen LogP contribution in [-0.4, -0.2) is 60.6 Å². The summed E-state index contributed by atoms with van der Waals surface area (Å²) in [6.07, 6.45) is 2.90. The lowest BCUT2D eigenvalue weighted by molar-refractivity contribution is -0.152. The van der Waals surface area contributed by atoms with Crippen molar-refractivity contribution in [3.05, 3.63) is 70.7 Å². The average molecular weight is 570 g/mol. The first kappa shape index (κ1) is 29.8. The van der Waals surface area contributed by atoms with Gasteiger partial charge in [-0.3, -0.25) is 9.52 Å². The number of ether oxygens (including phenoxy) is 1. The minimum absolute atomic E-state index is 0.0397. The van der Waals surface area contributed by atoms with Crippen LogP contribution in [0, 0.1) is 5.92 Å². The third-order valence-corrected chi connectivity index (χ3v) is 9.26. The van der Waals surface area contributed by atoms with Crippen molar-refractivity contribution in [2.24, 2.45) is 11.0 Å². The monoisotopic (exact) mass is 570 g/mol. The van der Waals surface area contributed by atoms with Crippen LogP contribution in [0.5, 0.6) is 0 Å². The van der Waals surface area contributed by atoms with Gasteiger partial charge in [0.15, 0.2) is 5.54 Å². The Hall–Kier alpha value is -3.16. The summed E-state index contributed by atoms with van der Waals surface area (Å²) in [6.45, 7) is 7.42. The van der Waals surface area contributed by atoms with Crippen molar-refractivity contribution in [3.63, 3.8) is 0 Å². The number of nitrogens with zero attached hydrogens (tertiary/aromatic N) is 5. The zero-order valence-corrected chi connectivity index (χ0v) is 24.0. The van der Waals surface area contributed by atoms with E-state index in [1.165, 1.54) is 12.3 Å². The minimum atomic E-state index is -4.13. The number of benzene rings is 1. The predicted octanol–water partition coefficient (Wildman–Crippen LogP) is 4.34. The van der Waals surface area contributed by atoms with E-state index in [2.05, 4.69) is 19.7 Å². The van der Waals surface area contributed by atoms with E-state index in [1.54, 1.807) is 24.3 Å². The Morgan fingerprint density at radius 2 is 1.85 bits per heavy atom. The first-order valence-corrected chi connectivity index (χ1v) is 14.6. The van der Waals surface area contributed by atoms with Crippen molar-refractivity contribution in [2.75, 3.05) is 17.8 Å². The second-order valence-corrected chi connectivity index (χ2v) is 12.8. The molecular weight excluding hydrogens is 535 g/mol. The maximum atomic E-state index is 13.6. The highest BCUT2D eigenvalue weighted by molar-refractivity contribution is 7.90. The lowest BCUT2D eigenvalue weighted by Gasteiger charge is -2.32. The molecule has 2 saturated heterocycles. The van der Waals surface area contributed by atoms with Gasteiger partial charge in [-0.1, -0.05) is 47.9 Å². The molecule has 1 N–H and O–H groups in total. The second-order valence-electron chi connectivity index (χ2n) is 11.1. The van der Waals surface area contributed by atoms with E-state index in [0.29, 0.717) is 19.2 Å². The highest BCUT2D eigenvalue weighted by Crippen LogP contribution is 2.41. The van der Waals surface area contributed by atoms with Gasteiger partial charge < -0.3 is 14.0 Å². The molecule has 2 aliphatic rings. The van der Waals surface area contributed by atoms with E-state index in [4.69, 9.17) is 14.0 Å². The van der Waals surface area contributed by atoms with Gasteiger partial charge in [-0.15, -0.1) is 0 Å². The summed E-state index contributed by atoms with van der Waals surface area (Å²) in [4.78, 5) is 20.6. The van der Waals surface area contributed by atoms with Crippen molar-refractivity contribution >= 4 is 29.1 Å². The minimum Gasteiger partial charge on any atom is -0.460 e. The molecule has 4 rings (SSSR count). The number of hydrogen-bond donors (Lipinski definition) is 1. The molecule has 14 heteroatoms. The Labute approximate surface area is 235 Å². The molecule has 0 unspecified atom stereocenters. The third kappa shape index (κ3) is 6.42. The molecule has 0 bridgehead atoms. The van der Waals surface area contributed by atoms with Crippen LogP contribution in [0.25, 0.3) is 10.4 Å². The molecule has 214 valence electrons. The van der Waals surface area contributed by atoms with Crippen molar-refractivity contribution in [3.8, 4) is 0 Å². The number of nitrogens with one attached hydrogen (secondary N) is 1. The fourth-order valence-electron chi connectivity index (χ4n) is 4.92. The van der Waals surface area contributed by atoms with E-state index in [-0.39, 0.29) is 25.5 Å². The van der Waals surface area contributed by atoms with E-state index in [1.807, 2.05) is 45.9 Å². The molecule has 40 heavy (non-hydrogen) atoms. The lowest BCUT2D eigenvalue weighted by Crippen LogP contribution is -2.46. The van der Waals surface area contributed by atoms with Crippen LogP contribution in [0.15, 0.2) is 59.8 Å². The predicted molar refractivity (Wildman–Crippen MR) is 150 cm³/mol. The molecule has 12 nitrogen and oxygen atoms in total. The van der Waals surface area contributed by atoms with Gasteiger partial charge in [-0.2, -0.15) is 12.7 Å². The van der Waals surface area contributed by atoms with Crippen LogP contribution in [-0.2, 0) is 35.7 Å². The highest BCUT2D eigenvalue weighted by Gasteiger charge is 2.56. The molecule has 1 aromatic carbocycles. The van der Waals surface area contributed by atoms with E-state index >= 15 is 0 Å². The number of anilines is 1. The normalized spacial score (nSPS) is 23.9. The molecule has 0 amide bonds. The Morgan fingerprint density at radius 3 is 2.48 bits per heavy atom. The fourth-order valence-corrected chi connectivity index (χ4v) is 6.18. The van der Waals surface area contributed by atoms with Gasteiger partial charge in [0.25, 0.3) is 0 Å². The molecule has 2 aromatic rings. The number of hydrogen-bond acceptors (Lipinski definition) is 8. The molecule has 1 aromatic heterocycles. The van der Waals surface area contributed by atoms with Gasteiger partial charge in [-0.25, -0.2) is 4.98 Å². The zero-order chi connectivity index (χ0) is 29.0. The zero-order valence-electron chi connectivity index (χ0n) is 23.2. The maximum absolute atomic E-state index is 13.6. The molecule has 0 spiro atoms. The number of esters is 1. The summed E-state index contributed by atoms with van der Waals surface area (Å²) >= 11 is 0. The van der Waals surface area contributed by atoms with Crippen LogP contribution < -0.4 is 4.72 Å². The second kappa shape index (κ2) is 11.8. The molecular formula is C26H35BN6O6S. The van der Waals surface area contributed by atoms with E-state index < -0.39 is 46.0 Å². The van der Waals surface area contributed by atoms with Gasteiger partial charge in [0.05, 0.1) is 11.2 Å². The standard InChI is InChI=1S/C26H35BN6O6S/c1-24(2)25(3,4)39-27(38-24)15-10-13-21-17-33(40(35,36)30-22-14-8-9-16-29-22)19-26(21,31-32-28)23(34)37-18-20-11-6-5-7-12-20/h5-9,11-12,14,16,21H,10,13,15,17-19H2,1-4H3,(H,29,30)/t21-,26-/m1/s1. The molecule has 2 fully saturated rings. The van der Waals surface area contributed by atoms with Crippen LogP contribution in [0.2, 0.25) is 6.32 Å². The summed E-state index contributed by atoms with van der Waals surface area (Å²) in [7, 11) is -4.58. The van der Waals surface area contributed by atoms with Crippen LogP contribution >= 0.6 is 0 Å². The summed E-state index contributed by atoms with van der Waals surface area (Å²) in [5.41, 5.74) is 7.53. The Bertz CT molecular complexity index is 1320. The number of rotatable bonds is 11. The van der Waals surface area contributed by atoms with Gasteiger partial charge in [0.1, 0.15) is 12.4 Å². The summed E-state index contributed by atoms with van der Waals surface area (Å²) < 4.78 is 48.0. The van der Waals surface area contributed by atoms with E-state index in [0.717, 1.165) is 9.87 Å². The van der Waals surface area contributed by atoms with Crippen molar-refractivity contribution in [1.29, 1.82) is 0 Å². The Morgan fingerprint density at radius 1 is 1.18 bits per heavy atom. The van der Waals surface area contributed by atoms with E-state index in [9.17, 15) is 18.7 Å². The number of aromatic nitrogens is 1. The van der Waals surface area contributed by atoms with Crippen molar-refractivity contribution < 1.29 is 27.3 Å².